The number of ether oxygens (including phenoxy) is 1. The minimum atomic E-state index is -0.365. The van der Waals surface area contributed by atoms with Crippen molar-refractivity contribution in [3.63, 3.8) is 0 Å². The molecule has 1 unspecified atom stereocenters. The quantitative estimate of drug-likeness (QED) is 0.751. The van der Waals surface area contributed by atoms with Crippen molar-refractivity contribution < 1.29 is 9.53 Å². The summed E-state index contributed by atoms with van der Waals surface area (Å²) in [6, 6.07) is 3.76. The third kappa shape index (κ3) is 4.77. The molecular weight excluding hydrogens is 354 g/mol. The van der Waals surface area contributed by atoms with Gasteiger partial charge in [-0.05, 0) is 68.4 Å². The van der Waals surface area contributed by atoms with E-state index < -0.39 is 0 Å². The highest BCUT2D eigenvalue weighted by molar-refractivity contribution is 6.43. The zero-order valence-electron chi connectivity index (χ0n) is 16.4. The normalized spacial score (nSPS) is 25.8. The molecule has 0 radical (unpaired) electrons. The van der Waals surface area contributed by atoms with Crippen molar-refractivity contribution in [1.29, 1.82) is 0 Å². The number of hydrazone groups is 1. The summed E-state index contributed by atoms with van der Waals surface area (Å²) in [5, 5.41) is 7.23. The zero-order chi connectivity index (χ0) is 19.4. The molecule has 7 heteroatoms. The third-order valence-corrected chi connectivity index (χ3v) is 5.77. The number of nitrogens with one attached hydrogen (secondary N) is 2. The SMILES string of the molecule is CC1(N2CCC(OCC3CC3)CC2)C=CC(C(=O)NCc2ccncc2)=NN1. The molecule has 2 fully saturated rings. The number of nitrogens with zero attached hydrogens (tertiary/aromatic N) is 3. The molecular formula is C21H29N5O2. The number of hydrogen-bond acceptors (Lipinski definition) is 6. The lowest BCUT2D eigenvalue weighted by Crippen LogP contribution is -2.58. The number of piperidine rings is 1. The standard InChI is InChI=1S/C21H29N5O2/c1-21(26-12-7-18(8-13-26)28-15-17-2-3-17)9-4-19(24-25-21)20(27)23-14-16-5-10-22-11-6-16/h4-6,9-11,17-18,25H,2-3,7-8,12-15H2,1H3,(H,23,27). The fraction of sp³-hybridized carbons (Fsp3) is 0.571. The van der Waals surface area contributed by atoms with Gasteiger partial charge < -0.3 is 10.1 Å². The first-order valence-electron chi connectivity index (χ1n) is 10.2. The molecule has 2 aliphatic heterocycles. The van der Waals surface area contributed by atoms with Gasteiger partial charge in [-0.25, -0.2) is 0 Å². The van der Waals surface area contributed by atoms with Crippen LogP contribution in [0.4, 0.5) is 0 Å². The molecule has 1 saturated carbocycles. The third-order valence-electron chi connectivity index (χ3n) is 5.77. The molecule has 3 heterocycles. The van der Waals surface area contributed by atoms with E-state index >= 15 is 0 Å². The first-order chi connectivity index (χ1) is 13.6. The molecule has 28 heavy (non-hydrogen) atoms. The zero-order valence-corrected chi connectivity index (χ0v) is 16.4. The first-order valence-corrected chi connectivity index (χ1v) is 10.2. The highest BCUT2D eigenvalue weighted by atomic mass is 16.5. The lowest BCUT2D eigenvalue weighted by atomic mass is 10.0. The van der Waals surface area contributed by atoms with Gasteiger partial charge in [0, 0.05) is 38.6 Å². The number of carbonyl (C=O) groups is 1. The smallest absolute Gasteiger partial charge is 0.271 e. The highest BCUT2D eigenvalue weighted by Crippen LogP contribution is 2.30. The van der Waals surface area contributed by atoms with E-state index in [2.05, 4.69) is 32.7 Å². The van der Waals surface area contributed by atoms with E-state index in [0.29, 0.717) is 18.4 Å². The van der Waals surface area contributed by atoms with Crippen LogP contribution in [0.3, 0.4) is 0 Å². The van der Waals surface area contributed by atoms with Crippen LogP contribution in [0.2, 0.25) is 0 Å². The van der Waals surface area contributed by atoms with Gasteiger partial charge in [0.05, 0.1) is 6.10 Å². The summed E-state index contributed by atoms with van der Waals surface area (Å²) in [5.41, 5.74) is 4.23. The Balaban J connectivity index is 1.24. The second kappa shape index (κ2) is 8.41. The van der Waals surface area contributed by atoms with Crippen LogP contribution in [0, 0.1) is 5.92 Å². The van der Waals surface area contributed by atoms with Crippen LogP contribution < -0.4 is 10.7 Å². The summed E-state index contributed by atoms with van der Waals surface area (Å²) in [7, 11) is 0. The van der Waals surface area contributed by atoms with Gasteiger partial charge in [0.15, 0.2) is 0 Å². The molecule has 0 aromatic carbocycles. The Morgan fingerprint density at radius 2 is 2.04 bits per heavy atom. The van der Waals surface area contributed by atoms with Gasteiger partial charge in [-0.2, -0.15) is 5.10 Å². The highest BCUT2D eigenvalue weighted by Gasteiger charge is 2.35. The van der Waals surface area contributed by atoms with Crippen LogP contribution in [0.15, 0.2) is 41.8 Å². The Kier molecular flexibility index (Phi) is 5.73. The Morgan fingerprint density at radius 3 is 2.68 bits per heavy atom. The molecule has 0 bridgehead atoms. The van der Waals surface area contributed by atoms with Crippen LogP contribution in [0.5, 0.6) is 0 Å². The topological polar surface area (TPSA) is 78.8 Å². The number of rotatable bonds is 7. The summed E-state index contributed by atoms with van der Waals surface area (Å²) in [5.74, 6) is 0.630. The van der Waals surface area contributed by atoms with E-state index in [0.717, 1.165) is 44.0 Å². The number of carbonyl (C=O) groups excluding carboxylic acids is 1. The molecule has 1 aromatic rings. The molecule has 4 rings (SSSR count). The fourth-order valence-corrected chi connectivity index (χ4v) is 3.61. The van der Waals surface area contributed by atoms with E-state index in [9.17, 15) is 4.79 Å². The van der Waals surface area contributed by atoms with Gasteiger partial charge in [-0.3, -0.25) is 20.1 Å². The summed E-state index contributed by atoms with van der Waals surface area (Å²) >= 11 is 0. The number of amides is 1. The van der Waals surface area contributed by atoms with Gasteiger partial charge in [0.1, 0.15) is 11.4 Å². The van der Waals surface area contributed by atoms with Crippen molar-refractivity contribution >= 4 is 11.6 Å². The predicted octanol–water partition coefficient (Wildman–Crippen LogP) is 1.82. The van der Waals surface area contributed by atoms with Gasteiger partial charge >= 0.3 is 0 Å². The number of aromatic nitrogens is 1. The largest absolute Gasteiger partial charge is 0.378 e. The molecule has 1 amide bonds. The summed E-state index contributed by atoms with van der Waals surface area (Å²) < 4.78 is 6.04. The number of pyridine rings is 1. The van der Waals surface area contributed by atoms with E-state index in [-0.39, 0.29) is 11.6 Å². The maximum absolute atomic E-state index is 12.4. The second-order valence-electron chi connectivity index (χ2n) is 8.09. The van der Waals surface area contributed by atoms with Crippen LogP contribution >= 0.6 is 0 Å². The molecule has 1 aromatic heterocycles. The maximum Gasteiger partial charge on any atom is 0.271 e. The Hall–Kier alpha value is -2.25. The van der Waals surface area contributed by atoms with Gasteiger partial charge in [-0.15, -0.1) is 0 Å². The Bertz CT molecular complexity index is 738. The fourth-order valence-electron chi connectivity index (χ4n) is 3.61. The van der Waals surface area contributed by atoms with E-state index in [1.165, 1.54) is 12.8 Å². The average Bonchev–Trinajstić information content (AvgIpc) is 3.57. The Morgan fingerprint density at radius 1 is 1.29 bits per heavy atom. The monoisotopic (exact) mass is 383 g/mol. The molecule has 1 aliphatic carbocycles. The van der Waals surface area contributed by atoms with Crippen molar-refractivity contribution in [3.05, 3.63) is 42.2 Å². The molecule has 0 spiro atoms. The predicted molar refractivity (Wildman–Crippen MR) is 107 cm³/mol. The average molecular weight is 383 g/mol. The molecule has 2 N–H and O–H groups in total. The lowest BCUT2D eigenvalue weighted by molar-refractivity contribution is -0.114. The maximum atomic E-state index is 12.4. The molecule has 1 saturated heterocycles. The van der Waals surface area contributed by atoms with Crippen LogP contribution in [-0.2, 0) is 16.1 Å². The van der Waals surface area contributed by atoms with Crippen LogP contribution in [-0.4, -0.2) is 53.0 Å². The summed E-state index contributed by atoms with van der Waals surface area (Å²) in [4.78, 5) is 18.7. The Labute approximate surface area is 166 Å². The van der Waals surface area contributed by atoms with Crippen LogP contribution in [0.25, 0.3) is 0 Å². The minimum Gasteiger partial charge on any atom is -0.378 e. The van der Waals surface area contributed by atoms with E-state index in [4.69, 9.17) is 4.74 Å². The van der Waals surface area contributed by atoms with Crippen molar-refractivity contribution in [1.82, 2.24) is 20.6 Å². The van der Waals surface area contributed by atoms with Crippen molar-refractivity contribution in [3.8, 4) is 0 Å². The summed E-state index contributed by atoms with van der Waals surface area (Å²) in [6.45, 7) is 5.41. The second-order valence-corrected chi connectivity index (χ2v) is 8.09. The minimum absolute atomic E-state index is 0.185. The van der Waals surface area contributed by atoms with Crippen molar-refractivity contribution in [2.45, 2.75) is 50.9 Å². The van der Waals surface area contributed by atoms with Crippen LogP contribution in [0.1, 0.15) is 38.2 Å². The molecule has 1 atom stereocenters. The van der Waals surface area contributed by atoms with Crippen molar-refractivity contribution in [2.24, 2.45) is 11.0 Å². The lowest BCUT2D eigenvalue weighted by Gasteiger charge is -2.43. The van der Waals surface area contributed by atoms with Gasteiger partial charge in [-0.1, -0.05) is 0 Å². The molecule has 150 valence electrons. The first kappa shape index (κ1) is 19.1. The van der Waals surface area contributed by atoms with E-state index in [1.807, 2.05) is 24.3 Å². The molecule has 3 aliphatic rings. The summed E-state index contributed by atoms with van der Waals surface area (Å²) in [6.07, 6.45) is 12.4. The van der Waals surface area contributed by atoms with Crippen molar-refractivity contribution in [2.75, 3.05) is 19.7 Å². The van der Waals surface area contributed by atoms with E-state index in [1.54, 1.807) is 12.4 Å². The van der Waals surface area contributed by atoms with Gasteiger partial charge in [0.25, 0.3) is 5.91 Å². The van der Waals surface area contributed by atoms with Gasteiger partial charge in [0.2, 0.25) is 0 Å². The number of hydrogen-bond donors (Lipinski definition) is 2. The molecule has 7 nitrogen and oxygen atoms in total. The number of likely N-dealkylation sites (tertiary alicyclic amines) is 1.